The highest BCUT2D eigenvalue weighted by atomic mass is 16.5. The molecular formula is C26H31N5O2. The fourth-order valence-electron chi connectivity index (χ4n) is 4.47. The maximum Gasteiger partial charge on any atom is 0.320 e. The van der Waals surface area contributed by atoms with E-state index in [0.29, 0.717) is 25.6 Å². The lowest BCUT2D eigenvalue weighted by molar-refractivity contribution is 0.129. The van der Waals surface area contributed by atoms with Crippen LogP contribution >= 0.6 is 0 Å². The number of aromatic amines is 1. The van der Waals surface area contributed by atoms with Crippen LogP contribution in [0.2, 0.25) is 0 Å². The number of nitrogens with zero attached hydrogens (tertiary/aromatic N) is 3. The normalized spacial score (nSPS) is 16.6. The van der Waals surface area contributed by atoms with E-state index < -0.39 is 0 Å². The van der Waals surface area contributed by atoms with Gasteiger partial charge in [0.1, 0.15) is 18.2 Å². The Morgan fingerprint density at radius 2 is 1.91 bits per heavy atom. The Kier molecular flexibility index (Phi) is 6.19. The molecule has 0 atom stereocenters. The van der Waals surface area contributed by atoms with E-state index in [2.05, 4.69) is 40.6 Å². The maximum atomic E-state index is 13.1. The molecule has 3 heterocycles. The molecular weight excluding hydrogens is 414 g/mol. The second kappa shape index (κ2) is 9.57. The summed E-state index contributed by atoms with van der Waals surface area (Å²) in [7, 11) is 0. The first-order valence-electron chi connectivity index (χ1n) is 11.8. The topological polar surface area (TPSA) is 73.5 Å². The lowest BCUT2D eigenvalue weighted by atomic mass is 9.99. The van der Waals surface area contributed by atoms with Gasteiger partial charge in [0.25, 0.3) is 0 Å². The number of amides is 2. The molecule has 2 amide bonds. The highest BCUT2D eigenvalue weighted by Crippen LogP contribution is 2.30. The highest BCUT2D eigenvalue weighted by Gasteiger charge is 2.27. The molecule has 0 unspecified atom stereocenters. The molecule has 1 aromatic heterocycles. The van der Waals surface area contributed by atoms with Crippen molar-refractivity contribution in [2.24, 2.45) is 5.92 Å². The van der Waals surface area contributed by atoms with Crippen molar-refractivity contribution in [1.29, 1.82) is 0 Å². The Morgan fingerprint density at radius 3 is 2.73 bits per heavy atom. The summed E-state index contributed by atoms with van der Waals surface area (Å²) >= 11 is 0. The molecule has 2 aromatic carbocycles. The van der Waals surface area contributed by atoms with Crippen molar-refractivity contribution in [2.45, 2.75) is 32.9 Å². The summed E-state index contributed by atoms with van der Waals surface area (Å²) < 4.78 is 5.96. The zero-order valence-electron chi connectivity index (χ0n) is 19.1. The predicted molar refractivity (Wildman–Crippen MR) is 129 cm³/mol. The van der Waals surface area contributed by atoms with Crippen LogP contribution in [-0.4, -0.2) is 52.3 Å². The molecule has 0 radical (unpaired) electrons. The van der Waals surface area contributed by atoms with Crippen molar-refractivity contribution >= 4 is 11.8 Å². The molecule has 0 bridgehead atoms. The van der Waals surface area contributed by atoms with E-state index in [0.717, 1.165) is 60.9 Å². The monoisotopic (exact) mass is 445 g/mol. The zero-order valence-corrected chi connectivity index (χ0v) is 19.1. The largest absolute Gasteiger partial charge is 0.491 e. The molecule has 7 nitrogen and oxygen atoms in total. The number of carbonyl (C=O) groups excluding carboxylic acids is 1. The minimum atomic E-state index is 0.121. The van der Waals surface area contributed by atoms with Gasteiger partial charge in [0.05, 0.1) is 18.8 Å². The van der Waals surface area contributed by atoms with Crippen molar-refractivity contribution in [3.63, 3.8) is 0 Å². The van der Waals surface area contributed by atoms with Gasteiger partial charge in [-0.1, -0.05) is 37.3 Å². The van der Waals surface area contributed by atoms with Crippen molar-refractivity contribution < 1.29 is 9.53 Å². The zero-order chi connectivity index (χ0) is 22.6. The second-order valence-electron chi connectivity index (χ2n) is 9.05. The third-order valence-corrected chi connectivity index (χ3v) is 6.56. The van der Waals surface area contributed by atoms with Crippen molar-refractivity contribution in [3.8, 4) is 17.0 Å². The molecule has 3 aromatic rings. The number of piperidine rings is 1. The lowest BCUT2D eigenvalue weighted by Crippen LogP contribution is -2.46. The Morgan fingerprint density at radius 1 is 1.09 bits per heavy atom. The fourth-order valence-corrected chi connectivity index (χ4v) is 4.47. The first kappa shape index (κ1) is 21.4. The summed E-state index contributed by atoms with van der Waals surface area (Å²) in [4.78, 5) is 17.1. The Hall–Kier alpha value is -3.48. The van der Waals surface area contributed by atoms with Gasteiger partial charge in [-0.25, -0.2) is 4.79 Å². The number of ether oxygens (including phenoxy) is 1. The number of hydrogen-bond donors (Lipinski definition) is 2. The van der Waals surface area contributed by atoms with Crippen LogP contribution in [0.3, 0.4) is 0 Å². The molecule has 0 aliphatic carbocycles. The van der Waals surface area contributed by atoms with Gasteiger partial charge in [-0.3, -0.25) is 5.10 Å². The van der Waals surface area contributed by atoms with Crippen LogP contribution in [0.5, 0.6) is 5.75 Å². The number of nitrogens with one attached hydrogen (secondary N) is 2. The molecule has 5 rings (SSSR count). The standard InChI is InChI=1S/C26H31N5O2/c1-19-9-11-30(12-10-19)26(32)31-13-14-33-24-8-7-21(15-22(24)18-31)23-16-25(29-28-23)27-17-20-5-3-2-4-6-20/h2-8,15-16,19H,9-14,17-18H2,1H3,(H2,27,28,29). The van der Waals surface area contributed by atoms with Gasteiger partial charge in [-0.2, -0.15) is 5.10 Å². The molecule has 2 aliphatic rings. The number of urea groups is 1. The summed E-state index contributed by atoms with van der Waals surface area (Å²) in [6.45, 7) is 6.34. The minimum Gasteiger partial charge on any atom is -0.491 e. The quantitative estimate of drug-likeness (QED) is 0.609. The van der Waals surface area contributed by atoms with Crippen LogP contribution < -0.4 is 10.1 Å². The number of carbonyl (C=O) groups is 1. The number of aromatic nitrogens is 2. The molecule has 1 fully saturated rings. The lowest BCUT2D eigenvalue weighted by Gasteiger charge is -2.34. The Labute approximate surface area is 194 Å². The van der Waals surface area contributed by atoms with Crippen LogP contribution in [0.1, 0.15) is 30.9 Å². The number of hydrogen-bond acceptors (Lipinski definition) is 4. The van der Waals surface area contributed by atoms with Gasteiger partial charge in [-0.15, -0.1) is 0 Å². The molecule has 2 aliphatic heterocycles. The Balaban J connectivity index is 1.28. The van der Waals surface area contributed by atoms with Crippen LogP contribution in [0.15, 0.2) is 54.6 Å². The van der Waals surface area contributed by atoms with E-state index in [-0.39, 0.29) is 6.03 Å². The second-order valence-corrected chi connectivity index (χ2v) is 9.05. The third kappa shape index (κ3) is 4.97. The van der Waals surface area contributed by atoms with Crippen LogP contribution in [0.4, 0.5) is 10.6 Å². The number of rotatable bonds is 4. The van der Waals surface area contributed by atoms with Gasteiger partial charge in [0.2, 0.25) is 0 Å². The molecule has 2 N–H and O–H groups in total. The first-order chi connectivity index (χ1) is 16.2. The van der Waals surface area contributed by atoms with Crippen molar-refractivity contribution in [2.75, 3.05) is 31.6 Å². The number of fused-ring (bicyclic) bond motifs is 1. The molecule has 0 saturated carbocycles. The van der Waals surface area contributed by atoms with E-state index >= 15 is 0 Å². The maximum absolute atomic E-state index is 13.1. The summed E-state index contributed by atoms with van der Waals surface area (Å²) in [5, 5.41) is 10.9. The van der Waals surface area contributed by atoms with Gasteiger partial charge >= 0.3 is 6.03 Å². The molecule has 0 spiro atoms. The molecule has 7 heteroatoms. The number of H-pyrrole nitrogens is 1. The average molecular weight is 446 g/mol. The van der Waals surface area contributed by atoms with E-state index in [1.807, 2.05) is 46.2 Å². The average Bonchev–Trinajstić information content (AvgIpc) is 3.22. The van der Waals surface area contributed by atoms with E-state index in [1.54, 1.807) is 0 Å². The first-order valence-corrected chi connectivity index (χ1v) is 11.8. The van der Waals surface area contributed by atoms with Crippen molar-refractivity contribution in [1.82, 2.24) is 20.0 Å². The molecule has 33 heavy (non-hydrogen) atoms. The fraction of sp³-hybridized carbons (Fsp3) is 0.385. The highest BCUT2D eigenvalue weighted by molar-refractivity contribution is 5.75. The van der Waals surface area contributed by atoms with Gasteiger partial charge in [0.15, 0.2) is 0 Å². The third-order valence-electron chi connectivity index (χ3n) is 6.56. The summed E-state index contributed by atoms with van der Waals surface area (Å²) in [5.41, 5.74) is 4.09. The number of anilines is 1. The predicted octanol–water partition coefficient (Wildman–Crippen LogP) is 4.74. The van der Waals surface area contributed by atoms with Gasteiger partial charge in [-0.05, 0) is 42.5 Å². The van der Waals surface area contributed by atoms with E-state index in [1.165, 1.54) is 5.56 Å². The molecule has 1 saturated heterocycles. The summed E-state index contributed by atoms with van der Waals surface area (Å²) in [6.07, 6.45) is 2.16. The van der Waals surface area contributed by atoms with Crippen LogP contribution in [0, 0.1) is 5.92 Å². The van der Waals surface area contributed by atoms with Crippen LogP contribution in [-0.2, 0) is 13.1 Å². The summed E-state index contributed by atoms with van der Waals surface area (Å²) in [6, 6.07) is 18.5. The smallest absolute Gasteiger partial charge is 0.320 e. The van der Waals surface area contributed by atoms with Gasteiger partial charge < -0.3 is 19.9 Å². The van der Waals surface area contributed by atoms with E-state index in [9.17, 15) is 4.79 Å². The molecule has 172 valence electrons. The SMILES string of the molecule is CC1CCN(C(=O)N2CCOc3ccc(-c4cc(NCc5ccccc5)[nH]n4)cc3C2)CC1. The number of benzene rings is 2. The van der Waals surface area contributed by atoms with Crippen molar-refractivity contribution in [3.05, 3.63) is 65.7 Å². The van der Waals surface area contributed by atoms with E-state index in [4.69, 9.17) is 4.74 Å². The minimum absolute atomic E-state index is 0.121. The number of likely N-dealkylation sites (tertiary alicyclic amines) is 1. The Bertz CT molecular complexity index is 1090. The van der Waals surface area contributed by atoms with Crippen LogP contribution in [0.25, 0.3) is 11.3 Å². The summed E-state index contributed by atoms with van der Waals surface area (Å²) in [5.74, 6) is 2.42. The van der Waals surface area contributed by atoms with Gasteiger partial charge in [0, 0.05) is 36.8 Å².